The summed E-state index contributed by atoms with van der Waals surface area (Å²) >= 11 is 0. The third-order valence-corrected chi connectivity index (χ3v) is 3.27. The Morgan fingerprint density at radius 3 is 2.21 bits per heavy atom. The minimum absolute atomic E-state index is 0.722. The molecule has 0 radical (unpaired) electrons. The average molecular weight is 263 g/mol. The Morgan fingerprint density at radius 1 is 1.05 bits per heavy atom. The molecule has 0 bridgehead atoms. The van der Waals surface area contributed by atoms with Gasteiger partial charge >= 0.3 is 0 Å². The largest absolute Gasteiger partial charge is 0.316 e. The second-order valence-electron chi connectivity index (χ2n) is 5.74. The summed E-state index contributed by atoms with van der Waals surface area (Å²) in [7, 11) is 0. The highest BCUT2D eigenvalue weighted by molar-refractivity contribution is 5.24. The highest BCUT2D eigenvalue weighted by Crippen LogP contribution is 2.13. The number of aryl methyl sites for hydroxylation is 3. The normalized spacial score (nSPS) is 11.3. The van der Waals surface area contributed by atoms with Crippen LogP contribution in [0.1, 0.15) is 56.4 Å². The van der Waals surface area contributed by atoms with Crippen molar-refractivity contribution in [1.82, 2.24) is 15.3 Å². The van der Waals surface area contributed by atoms with Crippen molar-refractivity contribution in [1.29, 1.82) is 0 Å². The SMILES string of the molecule is CCCc1nc(C)c(CCCNCC(C)C)c(C)n1. The summed E-state index contributed by atoms with van der Waals surface area (Å²) in [6.07, 6.45) is 4.33. The number of hydrogen-bond acceptors (Lipinski definition) is 3. The van der Waals surface area contributed by atoms with E-state index in [1.165, 1.54) is 17.0 Å². The molecule has 0 aliphatic heterocycles. The van der Waals surface area contributed by atoms with Crippen LogP contribution in [-0.2, 0) is 12.8 Å². The van der Waals surface area contributed by atoms with Gasteiger partial charge in [-0.05, 0) is 57.7 Å². The molecule has 1 N–H and O–H groups in total. The predicted molar refractivity (Wildman–Crippen MR) is 81.5 cm³/mol. The number of nitrogens with zero attached hydrogens (tertiary/aromatic N) is 2. The zero-order chi connectivity index (χ0) is 14.3. The van der Waals surface area contributed by atoms with E-state index in [4.69, 9.17) is 0 Å². The van der Waals surface area contributed by atoms with Crippen LogP contribution in [0.25, 0.3) is 0 Å². The Bertz CT molecular complexity index is 363. The highest BCUT2D eigenvalue weighted by atomic mass is 14.9. The Morgan fingerprint density at radius 2 is 1.68 bits per heavy atom. The van der Waals surface area contributed by atoms with Crippen LogP contribution in [0.15, 0.2) is 0 Å². The molecule has 0 saturated carbocycles. The number of aromatic nitrogens is 2. The standard InChI is InChI=1S/C16H29N3/c1-6-8-16-18-13(4)15(14(5)19-16)9-7-10-17-11-12(2)3/h12,17H,6-11H2,1-5H3. The van der Waals surface area contributed by atoms with Crippen LogP contribution in [0.4, 0.5) is 0 Å². The Labute approximate surface area is 118 Å². The van der Waals surface area contributed by atoms with Gasteiger partial charge in [0.25, 0.3) is 0 Å². The second kappa shape index (κ2) is 8.26. The van der Waals surface area contributed by atoms with Crippen LogP contribution >= 0.6 is 0 Å². The zero-order valence-electron chi connectivity index (χ0n) is 13.2. The van der Waals surface area contributed by atoms with Gasteiger partial charge in [0.15, 0.2) is 0 Å². The van der Waals surface area contributed by atoms with E-state index in [2.05, 4.69) is 49.9 Å². The van der Waals surface area contributed by atoms with Crippen LogP contribution in [-0.4, -0.2) is 23.1 Å². The van der Waals surface area contributed by atoms with E-state index in [-0.39, 0.29) is 0 Å². The lowest BCUT2D eigenvalue weighted by Gasteiger charge is -2.11. The summed E-state index contributed by atoms with van der Waals surface area (Å²) in [4.78, 5) is 9.24. The first-order valence-electron chi connectivity index (χ1n) is 7.58. The predicted octanol–water partition coefficient (Wildman–Crippen LogP) is 3.22. The fourth-order valence-electron chi connectivity index (χ4n) is 2.29. The van der Waals surface area contributed by atoms with Gasteiger partial charge in [-0.2, -0.15) is 0 Å². The molecule has 3 nitrogen and oxygen atoms in total. The van der Waals surface area contributed by atoms with E-state index >= 15 is 0 Å². The van der Waals surface area contributed by atoms with Gasteiger partial charge in [0.2, 0.25) is 0 Å². The van der Waals surface area contributed by atoms with E-state index in [9.17, 15) is 0 Å². The third kappa shape index (κ3) is 5.68. The van der Waals surface area contributed by atoms with Crippen LogP contribution in [0.5, 0.6) is 0 Å². The minimum atomic E-state index is 0.722. The molecule has 108 valence electrons. The first-order valence-corrected chi connectivity index (χ1v) is 7.58. The van der Waals surface area contributed by atoms with Crippen molar-refractivity contribution in [2.75, 3.05) is 13.1 Å². The molecule has 0 fully saturated rings. The Balaban J connectivity index is 2.49. The van der Waals surface area contributed by atoms with Crippen molar-refractivity contribution < 1.29 is 0 Å². The van der Waals surface area contributed by atoms with E-state index < -0.39 is 0 Å². The van der Waals surface area contributed by atoms with Crippen molar-refractivity contribution in [2.45, 2.75) is 60.3 Å². The first-order chi connectivity index (χ1) is 9.04. The molecule has 0 aromatic carbocycles. The van der Waals surface area contributed by atoms with Gasteiger partial charge in [-0.25, -0.2) is 9.97 Å². The van der Waals surface area contributed by atoms with Gasteiger partial charge in [-0.1, -0.05) is 20.8 Å². The summed E-state index contributed by atoms with van der Waals surface area (Å²) in [5, 5.41) is 3.48. The molecule has 1 heterocycles. The molecule has 0 atom stereocenters. The van der Waals surface area contributed by atoms with E-state index in [0.717, 1.165) is 50.5 Å². The molecule has 0 saturated heterocycles. The Hall–Kier alpha value is -0.960. The summed E-state index contributed by atoms with van der Waals surface area (Å²) in [6, 6.07) is 0. The molecule has 1 aromatic rings. The van der Waals surface area contributed by atoms with Crippen molar-refractivity contribution >= 4 is 0 Å². The molecule has 0 aliphatic rings. The van der Waals surface area contributed by atoms with E-state index in [1.54, 1.807) is 0 Å². The van der Waals surface area contributed by atoms with Gasteiger partial charge in [0, 0.05) is 17.8 Å². The molecule has 1 rings (SSSR count). The summed E-state index contributed by atoms with van der Waals surface area (Å²) in [5.74, 6) is 1.72. The highest BCUT2D eigenvalue weighted by Gasteiger charge is 2.07. The van der Waals surface area contributed by atoms with Crippen LogP contribution in [0.3, 0.4) is 0 Å². The first kappa shape index (κ1) is 16.1. The van der Waals surface area contributed by atoms with E-state index in [0.29, 0.717) is 0 Å². The van der Waals surface area contributed by atoms with Gasteiger partial charge in [-0.15, -0.1) is 0 Å². The van der Waals surface area contributed by atoms with Crippen molar-refractivity contribution in [2.24, 2.45) is 5.92 Å². The summed E-state index contributed by atoms with van der Waals surface area (Å²) < 4.78 is 0. The maximum Gasteiger partial charge on any atom is 0.128 e. The summed E-state index contributed by atoms with van der Waals surface area (Å²) in [6.45, 7) is 13.1. The van der Waals surface area contributed by atoms with Gasteiger partial charge in [0.05, 0.1) is 0 Å². The molecule has 3 heteroatoms. The molecule has 0 amide bonds. The fraction of sp³-hybridized carbons (Fsp3) is 0.750. The van der Waals surface area contributed by atoms with Gasteiger partial charge < -0.3 is 5.32 Å². The smallest absolute Gasteiger partial charge is 0.128 e. The van der Waals surface area contributed by atoms with Crippen LogP contribution < -0.4 is 5.32 Å². The lowest BCUT2D eigenvalue weighted by Crippen LogP contribution is -2.21. The zero-order valence-corrected chi connectivity index (χ0v) is 13.2. The lowest BCUT2D eigenvalue weighted by atomic mass is 10.1. The van der Waals surface area contributed by atoms with Crippen molar-refractivity contribution in [3.8, 4) is 0 Å². The molecule has 0 unspecified atom stereocenters. The monoisotopic (exact) mass is 263 g/mol. The lowest BCUT2D eigenvalue weighted by molar-refractivity contribution is 0.542. The molecular weight excluding hydrogens is 234 g/mol. The average Bonchev–Trinajstić information content (AvgIpc) is 2.31. The third-order valence-electron chi connectivity index (χ3n) is 3.27. The van der Waals surface area contributed by atoms with Crippen LogP contribution in [0.2, 0.25) is 0 Å². The van der Waals surface area contributed by atoms with Gasteiger partial charge in [0.1, 0.15) is 5.82 Å². The molecular formula is C16H29N3. The maximum absolute atomic E-state index is 4.62. The van der Waals surface area contributed by atoms with Crippen molar-refractivity contribution in [3.05, 3.63) is 22.8 Å². The fourth-order valence-corrected chi connectivity index (χ4v) is 2.29. The minimum Gasteiger partial charge on any atom is -0.316 e. The molecule has 1 aromatic heterocycles. The summed E-state index contributed by atoms with van der Waals surface area (Å²) in [5.41, 5.74) is 3.67. The molecule has 0 aliphatic carbocycles. The topological polar surface area (TPSA) is 37.8 Å². The van der Waals surface area contributed by atoms with Crippen LogP contribution in [0, 0.1) is 19.8 Å². The quantitative estimate of drug-likeness (QED) is 0.732. The Kier molecular flexibility index (Phi) is 7.00. The number of rotatable bonds is 8. The second-order valence-corrected chi connectivity index (χ2v) is 5.74. The van der Waals surface area contributed by atoms with E-state index in [1.807, 2.05) is 0 Å². The molecule has 19 heavy (non-hydrogen) atoms. The molecule has 0 spiro atoms. The van der Waals surface area contributed by atoms with Gasteiger partial charge in [-0.3, -0.25) is 0 Å². The maximum atomic E-state index is 4.62. The number of hydrogen-bond donors (Lipinski definition) is 1. The number of nitrogens with one attached hydrogen (secondary N) is 1. The van der Waals surface area contributed by atoms with Crippen molar-refractivity contribution in [3.63, 3.8) is 0 Å².